The number of amides is 2. The van der Waals surface area contributed by atoms with Crippen LogP contribution in [-0.2, 0) is 11.8 Å². The monoisotopic (exact) mass is 447 g/mol. The second kappa shape index (κ2) is 8.70. The highest BCUT2D eigenvalue weighted by Crippen LogP contribution is 2.47. The van der Waals surface area contributed by atoms with E-state index >= 15 is 0 Å². The largest absolute Gasteiger partial charge is 0.484 e. The molecular weight excluding hydrogens is 425 g/mol. The van der Waals surface area contributed by atoms with E-state index in [4.69, 9.17) is 16.3 Å². The van der Waals surface area contributed by atoms with Crippen molar-refractivity contribution in [2.45, 2.75) is 31.3 Å². The van der Waals surface area contributed by atoms with Gasteiger partial charge in [-0.2, -0.15) is 0 Å². The molecule has 2 aromatic rings. The summed E-state index contributed by atoms with van der Waals surface area (Å²) in [6, 6.07) is 6.80. The molecule has 0 spiro atoms. The minimum Gasteiger partial charge on any atom is -0.484 e. The quantitative estimate of drug-likeness (QED) is 0.711. The Balaban J connectivity index is 1.31. The lowest BCUT2D eigenvalue weighted by Crippen LogP contribution is -2.44. The smallest absolute Gasteiger partial charge is 0.258 e. The third kappa shape index (κ3) is 4.58. The number of halogens is 2. The molecule has 2 fully saturated rings. The molecule has 2 saturated carbocycles. The van der Waals surface area contributed by atoms with E-state index in [1.54, 1.807) is 7.05 Å². The number of hydrogen-bond acceptors (Lipinski definition) is 4. The van der Waals surface area contributed by atoms with Crippen molar-refractivity contribution in [1.29, 1.82) is 0 Å². The SMILES string of the molecule is Cn1cc(C(=O)NC2C[C@H](NC(=O)COc3ccc(Cl)c(F)c3)C3CCC23)ccc1=O. The molecule has 9 heteroatoms. The van der Waals surface area contributed by atoms with Gasteiger partial charge in [-0.05, 0) is 49.3 Å². The molecule has 0 aliphatic heterocycles. The van der Waals surface area contributed by atoms with Crippen molar-refractivity contribution >= 4 is 23.4 Å². The molecule has 0 radical (unpaired) electrons. The Kier molecular flexibility index (Phi) is 6.00. The highest BCUT2D eigenvalue weighted by atomic mass is 35.5. The number of aromatic nitrogens is 1. The number of nitrogens with zero attached hydrogens (tertiary/aromatic N) is 1. The minimum absolute atomic E-state index is 0.00963. The summed E-state index contributed by atoms with van der Waals surface area (Å²) in [6.07, 6.45) is 4.14. The molecule has 3 unspecified atom stereocenters. The number of carbonyl (C=O) groups excluding carboxylic acids is 2. The molecule has 2 aliphatic carbocycles. The lowest BCUT2D eigenvalue weighted by Gasteiger charge is -2.36. The summed E-state index contributed by atoms with van der Waals surface area (Å²) in [5.74, 6) is -0.282. The lowest BCUT2D eigenvalue weighted by atomic mass is 9.73. The van der Waals surface area contributed by atoms with Crippen molar-refractivity contribution < 1.29 is 18.7 Å². The van der Waals surface area contributed by atoms with Crippen LogP contribution in [0.1, 0.15) is 29.6 Å². The number of nitrogens with one attached hydrogen (secondary N) is 2. The number of carbonyl (C=O) groups is 2. The maximum atomic E-state index is 13.5. The Labute approximate surface area is 183 Å². The maximum absolute atomic E-state index is 13.5. The Hall–Kier alpha value is -2.87. The summed E-state index contributed by atoms with van der Waals surface area (Å²) in [6.45, 7) is -0.232. The third-order valence-electron chi connectivity index (χ3n) is 6.20. The Morgan fingerprint density at radius 1 is 1.16 bits per heavy atom. The van der Waals surface area contributed by atoms with Crippen LogP contribution in [0, 0.1) is 17.7 Å². The number of fused-ring (bicyclic) bond motifs is 1. The van der Waals surface area contributed by atoms with Gasteiger partial charge in [-0.1, -0.05) is 11.6 Å². The standard InChI is InChI=1S/C22H23ClFN3O4/c1-27-10-12(2-7-21(27)29)22(30)26-19-9-18(14-4-5-15(14)19)25-20(28)11-31-13-3-6-16(23)17(24)8-13/h2-3,6-8,10,14-15,18-19H,4-5,9,11H2,1H3,(H,25,28)(H,26,30)/t14?,15?,18-,19?/m0/s1. The Bertz CT molecular complexity index is 1070. The second-order valence-electron chi connectivity index (χ2n) is 8.13. The van der Waals surface area contributed by atoms with Crippen LogP contribution in [0.2, 0.25) is 5.02 Å². The molecular formula is C22H23ClFN3O4. The lowest BCUT2D eigenvalue weighted by molar-refractivity contribution is -0.124. The van der Waals surface area contributed by atoms with Crippen LogP contribution < -0.4 is 20.9 Å². The van der Waals surface area contributed by atoms with Crippen molar-refractivity contribution in [2.75, 3.05) is 6.61 Å². The first-order valence-electron chi connectivity index (χ1n) is 10.2. The first-order valence-corrected chi connectivity index (χ1v) is 10.5. The number of aryl methyl sites for hydroxylation is 1. The van der Waals surface area contributed by atoms with E-state index in [9.17, 15) is 18.8 Å². The topological polar surface area (TPSA) is 89.4 Å². The van der Waals surface area contributed by atoms with Crippen LogP contribution in [0.3, 0.4) is 0 Å². The van der Waals surface area contributed by atoms with Gasteiger partial charge in [-0.25, -0.2) is 4.39 Å². The van der Waals surface area contributed by atoms with Gasteiger partial charge in [0.25, 0.3) is 11.8 Å². The molecule has 2 amide bonds. The van der Waals surface area contributed by atoms with E-state index in [1.165, 1.54) is 35.0 Å². The van der Waals surface area contributed by atoms with E-state index in [-0.39, 0.29) is 46.8 Å². The molecule has 4 atom stereocenters. The molecule has 2 aliphatic rings. The van der Waals surface area contributed by atoms with E-state index in [1.807, 2.05) is 0 Å². The Morgan fingerprint density at radius 3 is 2.52 bits per heavy atom. The van der Waals surface area contributed by atoms with Gasteiger partial charge < -0.3 is 19.9 Å². The summed E-state index contributed by atoms with van der Waals surface area (Å²) >= 11 is 5.64. The first kappa shape index (κ1) is 21.4. The summed E-state index contributed by atoms with van der Waals surface area (Å²) in [4.78, 5) is 36.5. The van der Waals surface area contributed by atoms with Crippen molar-refractivity contribution in [3.63, 3.8) is 0 Å². The average Bonchev–Trinajstić information content (AvgIpc) is 2.92. The zero-order valence-electron chi connectivity index (χ0n) is 16.9. The van der Waals surface area contributed by atoms with Gasteiger partial charge in [0.1, 0.15) is 11.6 Å². The number of hydrogen-bond donors (Lipinski definition) is 2. The fourth-order valence-corrected chi connectivity index (χ4v) is 4.57. The minimum atomic E-state index is -0.607. The van der Waals surface area contributed by atoms with Gasteiger partial charge in [0.15, 0.2) is 6.61 Å². The second-order valence-corrected chi connectivity index (χ2v) is 8.53. The van der Waals surface area contributed by atoms with Gasteiger partial charge in [-0.3, -0.25) is 14.4 Å². The van der Waals surface area contributed by atoms with Crippen molar-refractivity contribution in [3.8, 4) is 5.75 Å². The van der Waals surface area contributed by atoms with Crippen molar-refractivity contribution in [2.24, 2.45) is 18.9 Å². The van der Waals surface area contributed by atoms with Crippen LogP contribution >= 0.6 is 11.6 Å². The zero-order valence-corrected chi connectivity index (χ0v) is 17.7. The zero-order chi connectivity index (χ0) is 22.1. The average molecular weight is 448 g/mol. The maximum Gasteiger partial charge on any atom is 0.258 e. The molecule has 0 saturated heterocycles. The van der Waals surface area contributed by atoms with E-state index in [0.29, 0.717) is 23.8 Å². The van der Waals surface area contributed by atoms with Gasteiger partial charge in [-0.15, -0.1) is 0 Å². The molecule has 0 bridgehead atoms. The molecule has 7 nitrogen and oxygen atoms in total. The number of rotatable bonds is 6. The summed E-state index contributed by atoms with van der Waals surface area (Å²) < 4.78 is 20.2. The molecule has 1 aromatic heterocycles. The highest BCUT2D eigenvalue weighted by Gasteiger charge is 2.49. The van der Waals surface area contributed by atoms with Crippen molar-refractivity contribution in [3.05, 3.63) is 63.3 Å². The predicted octanol–water partition coefficient (Wildman–Crippen LogP) is 2.27. The Morgan fingerprint density at radius 2 is 1.87 bits per heavy atom. The number of ether oxygens (including phenoxy) is 1. The summed E-state index contributed by atoms with van der Waals surface area (Å²) in [5.41, 5.74) is 0.247. The highest BCUT2D eigenvalue weighted by molar-refractivity contribution is 6.30. The predicted molar refractivity (Wildman–Crippen MR) is 113 cm³/mol. The summed E-state index contributed by atoms with van der Waals surface area (Å²) in [7, 11) is 1.60. The number of benzene rings is 1. The molecule has 4 rings (SSSR count). The third-order valence-corrected chi connectivity index (χ3v) is 6.50. The van der Waals surface area contributed by atoms with Crippen LogP contribution in [0.5, 0.6) is 5.75 Å². The summed E-state index contributed by atoms with van der Waals surface area (Å²) in [5, 5.41) is 6.03. The fraction of sp³-hybridized carbons (Fsp3) is 0.409. The fourth-order valence-electron chi connectivity index (χ4n) is 4.45. The normalized spacial score (nSPS) is 24.1. The van der Waals surface area contributed by atoms with Crippen LogP contribution in [-0.4, -0.2) is 35.1 Å². The van der Waals surface area contributed by atoms with Crippen LogP contribution in [0.25, 0.3) is 0 Å². The molecule has 2 N–H and O–H groups in total. The van der Waals surface area contributed by atoms with Crippen LogP contribution in [0.15, 0.2) is 41.3 Å². The molecule has 164 valence electrons. The van der Waals surface area contributed by atoms with Gasteiger partial charge in [0, 0.05) is 37.5 Å². The van der Waals surface area contributed by atoms with E-state index in [2.05, 4.69) is 10.6 Å². The van der Waals surface area contributed by atoms with Gasteiger partial charge in [0.2, 0.25) is 5.56 Å². The molecule has 31 heavy (non-hydrogen) atoms. The molecule has 1 heterocycles. The van der Waals surface area contributed by atoms with Crippen LogP contribution in [0.4, 0.5) is 4.39 Å². The number of pyridine rings is 1. The van der Waals surface area contributed by atoms with E-state index < -0.39 is 5.82 Å². The van der Waals surface area contributed by atoms with Crippen molar-refractivity contribution in [1.82, 2.24) is 15.2 Å². The molecule has 1 aromatic carbocycles. The van der Waals surface area contributed by atoms with Gasteiger partial charge >= 0.3 is 0 Å². The first-order chi connectivity index (χ1) is 14.8. The van der Waals surface area contributed by atoms with Gasteiger partial charge in [0.05, 0.1) is 10.6 Å². The van der Waals surface area contributed by atoms with E-state index in [0.717, 1.165) is 18.9 Å².